The van der Waals surface area contributed by atoms with Crippen LogP contribution in [0.3, 0.4) is 0 Å². The molecule has 2 aliphatic rings. The van der Waals surface area contributed by atoms with Gasteiger partial charge in [0.25, 0.3) is 0 Å². The summed E-state index contributed by atoms with van der Waals surface area (Å²) in [5.41, 5.74) is 7.36. The summed E-state index contributed by atoms with van der Waals surface area (Å²) in [7, 11) is 0. The van der Waals surface area contributed by atoms with Crippen LogP contribution in [0.4, 0.5) is 0 Å². The third kappa shape index (κ3) is 1.67. The molecule has 82 valence electrons. The SMILES string of the molecule is CCC1(C)NN1CCN1NC1(C)CC. The summed E-state index contributed by atoms with van der Waals surface area (Å²) in [4.78, 5) is 0. The molecule has 0 aromatic carbocycles. The first-order chi connectivity index (χ1) is 6.54. The van der Waals surface area contributed by atoms with E-state index in [0.29, 0.717) is 0 Å². The van der Waals surface area contributed by atoms with E-state index in [4.69, 9.17) is 0 Å². The normalized spacial score (nSPS) is 50.6. The molecule has 4 heteroatoms. The second-order valence-electron chi connectivity index (χ2n) is 4.78. The molecular formula is C10H22N4. The first kappa shape index (κ1) is 10.4. The van der Waals surface area contributed by atoms with E-state index < -0.39 is 0 Å². The van der Waals surface area contributed by atoms with E-state index in [0.717, 1.165) is 13.1 Å². The molecule has 14 heavy (non-hydrogen) atoms. The fourth-order valence-electron chi connectivity index (χ4n) is 1.88. The Hall–Kier alpha value is -0.160. The first-order valence-corrected chi connectivity index (χ1v) is 5.65. The second-order valence-corrected chi connectivity index (χ2v) is 4.78. The van der Waals surface area contributed by atoms with Crippen LogP contribution >= 0.6 is 0 Å². The van der Waals surface area contributed by atoms with Gasteiger partial charge in [0.2, 0.25) is 0 Å². The minimum Gasteiger partial charge on any atom is -0.232 e. The Morgan fingerprint density at radius 1 is 0.857 bits per heavy atom. The van der Waals surface area contributed by atoms with Crippen molar-refractivity contribution < 1.29 is 0 Å². The van der Waals surface area contributed by atoms with E-state index in [1.165, 1.54) is 12.8 Å². The summed E-state index contributed by atoms with van der Waals surface area (Å²) < 4.78 is 0. The van der Waals surface area contributed by atoms with Crippen molar-refractivity contribution in [1.29, 1.82) is 0 Å². The molecule has 4 atom stereocenters. The molecule has 0 aromatic rings. The highest BCUT2D eigenvalue weighted by Gasteiger charge is 2.49. The van der Waals surface area contributed by atoms with Crippen molar-refractivity contribution in [2.24, 2.45) is 0 Å². The molecule has 0 radical (unpaired) electrons. The van der Waals surface area contributed by atoms with Crippen LogP contribution in [-0.2, 0) is 0 Å². The number of rotatable bonds is 5. The molecule has 2 fully saturated rings. The van der Waals surface area contributed by atoms with Crippen LogP contribution in [0, 0.1) is 0 Å². The van der Waals surface area contributed by atoms with Crippen molar-refractivity contribution in [1.82, 2.24) is 20.9 Å². The van der Waals surface area contributed by atoms with Crippen LogP contribution in [0.2, 0.25) is 0 Å². The molecule has 0 saturated carbocycles. The van der Waals surface area contributed by atoms with Crippen LogP contribution in [0.1, 0.15) is 40.5 Å². The lowest BCUT2D eigenvalue weighted by Crippen LogP contribution is -2.23. The summed E-state index contributed by atoms with van der Waals surface area (Å²) in [6.07, 6.45) is 2.34. The molecule has 0 bridgehead atoms. The quantitative estimate of drug-likeness (QED) is 0.644. The third-order valence-corrected chi connectivity index (χ3v) is 3.77. The van der Waals surface area contributed by atoms with Gasteiger partial charge in [-0.25, -0.2) is 20.9 Å². The number of hydrogen-bond acceptors (Lipinski definition) is 4. The van der Waals surface area contributed by atoms with E-state index in [-0.39, 0.29) is 11.3 Å². The van der Waals surface area contributed by atoms with Gasteiger partial charge in [-0.15, -0.1) is 0 Å². The minimum atomic E-state index is 0.276. The summed E-state index contributed by atoms with van der Waals surface area (Å²) in [6, 6.07) is 0. The highest BCUT2D eigenvalue weighted by molar-refractivity contribution is 4.96. The Morgan fingerprint density at radius 2 is 1.21 bits per heavy atom. The van der Waals surface area contributed by atoms with Crippen LogP contribution in [0.5, 0.6) is 0 Å². The Kier molecular flexibility index (Phi) is 2.34. The van der Waals surface area contributed by atoms with E-state index in [1.807, 2.05) is 0 Å². The number of nitrogens with one attached hydrogen (secondary N) is 2. The van der Waals surface area contributed by atoms with Crippen LogP contribution < -0.4 is 10.9 Å². The van der Waals surface area contributed by atoms with Crippen molar-refractivity contribution in [3.05, 3.63) is 0 Å². The molecule has 2 heterocycles. The van der Waals surface area contributed by atoms with Crippen LogP contribution in [0.15, 0.2) is 0 Å². The summed E-state index contributed by atoms with van der Waals surface area (Å²) in [5, 5.41) is 4.64. The average molecular weight is 198 g/mol. The Labute approximate surface area is 86.6 Å². The molecule has 0 aromatic heterocycles. The Bertz CT molecular complexity index is 208. The smallest absolute Gasteiger partial charge is 0.0944 e. The lowest BCUT2D eigenvalue weighted by molar-refractivity contribution is 0.334. The molecule has 2 saturated heterocycles. The maximum atomic E-state index is 3.40. The number of hydrazine groups is 2. The van der Waals surface area contributed by atoms with Gasteiger partial charge in [0.1, 0.15) is 0 Å². The third-order valence-electron chi connectivity index (χ3n) is 3.77. The maximum absolute atomic E-state index is 3.40. The van der Waals surface area contributed by atoms with E-state index in [9.17, 15) is 0 Å². The predicted molar refractivity (Wildman–Crippen MR) is 57.1 cm³/mol. The minimum absolute atomic E-state index is 0.276. The monoisotopic (exact) mass is 198 g/mol. The van der Waals surface area contributed by atoms with Gasteiger partial charge in [0.05, 0.1) is 11.3 Å². The van der Waals surface area contributed by atoms with E-state index >= 15 is 0 Å². The van der Waals surface area contributed by atoms with Crippen molar-refractivity contribution >= 4 is 0 Å². The average Bonchev–Trinajstić information content (AvgIpc) is 3.02. The van der Waals surface area contributed by atoms with Gasteiger partial charge in [0, 0.05) is 13.1 Å². The van der Waals surface area contributed by atoms with Gasteiger partial charge < -0.3 is 0 Å². The molecule has 2 N–H and O–H groups in total. The van der Waals surface area contributed by atoms with Gasteiger partial charge in [-0.1, -0.05) is 13.8 Å². The Morgan fingerprint density at radius 3 is 1.43 bits per heavy atom. The topological polar surface area (TPSA) is 49.9 Å². The fourth-order valence-corrected chi connectivity index (χ4v) is 1.88. The lowest BCUT2D eigenvalue weighted by atomic mass is 10.2. The van der Waals surface area contributed by atoms with Gasteiger partial charge in [-0.05, 0) is 26.7 Å². The predicted octanol–water partition coefficient (Wildman–Crippen LogP) is 0.879. The highest BCUT2D eigenvalue weighted by atomic mass is 15.8. The zero-order chi connectivity index (χ0) is 10.4. The van der Waals surface area contributed by atoms with Gasteiger partial charge >= 0.3 is 0 Å². The number of hydrogen-bond donors (Lipinski definition) is 2. The molecular weight excluding hydrogens is 176 g/mol. The maximum Gasteiger partial charge on any atom is 0.0944 e. The summed E-state index contributed by atoms with van der Waals surface area (Å²) in [6.45, 7) is 11.2. The van der Waals surface area contributed by atoms with Crippen LogP contribution in [-0.4, -0.2) is 34.4 Å². The largest absolute Gasteiger partial charge is 0.232 e. The Balaban J connectivity index is 1.67. The van der Waals surface area contributed by atoms with Gasteiger partial charge in [-0.2, -0.15) is 0 Å². The van der Waals surface area contributed by atoms with Crippen molar-refractivity contribution in [3.63, 3.8) is 0 Å². The summed E-state index contributed by atoms with van der Waals surface area (Å²) in [5.74, 6) is 0. The molecule has 2 aliphatic heterocycles. The fraction of sp³-hybridized carbons (Fsp3) is 1.00. The standard InChI is InChI=1S/C10H22N4/c1-5-9(3)11-13(9)7-8-14-10(4,6-2)12-14/h11-12H,5-8H2,1-4H3. The molecule has 0 aliphatic carbocycles. The van der Waals surface area contributed by atoms with Gasteiger partial charge in [0.15, 0.2) is 0 Å². The van der Waals surface area contributed by atoms with Gasteiger partial charge in [-0.3, -0.25) is 0 Å². The molecule has 0 spiro atoms. The van der Waals surface area contributed by atoms with Crippen LogP contribution in [0.25, 0.3) is 0 Å². The van der Waals surface area contributed by atoms with Crippen molar-refractivity contribution in [3.8, 4) is 0 Å². The van der Waals surface area contributed by atoms with Crippen molar-refractivity contribution in [2.45, 2.75) is 51.9 Å². The van der Waals surface area contributed by atoms with Crippen molar-refractivity contribution in [2.75, 3.05) is 13.1 Å². The molecule has 0 amide bonds. The molecule has 4 unspecified atom stereocenters. The number of nitrogens with zero attached hydrogens (tertiary/aromatic N) is 2. The zero-order valence-electron chi connectivity index (χ0n) is 9.72. The highest BCUT2D eigenvalue weighted by Crippen LogP contribution is 2.30. The second kappa shape index (κ2) is 3.17. The molecule has 4 nitrogen and oxygen atoms in total. The molecule has 2 rings (SSSR count). The first-order valence-electron chi connectivity index (χ1n) is 5.65. The summed E-state index contributed by atoms with van der Waals surface area (Å²) >= 11 is 0. The van der Waals surface area contributed by atoms with E-state index in [2.05, 4.69) is 48.6 Å². The lowest BCUT2D eigenvalue weighted by Gasteiger charge is -2.08. The van der Waals surface area contributed by atoms with E-state index in [1.54, 1.807) is 0 Å². The zero-order valence-corrected chi connectivity index (χ0v) is 9.72.